The molecule has 0 radical (unpaired) electrons. The molecule has 6 nitrogen and oxygen atoms in total. The predicted octanol–water partition coefficient (Wildman–Crippen LogP) is 0.976. The molecule has 1 aliphatic rings. The van der Waals surface area contributed by atoms with E-state index in [1.807, 2.05) is 0 Å². The normalized spacial score (nSPS) is 16.2. The number of nitrogens with zero attached hydrogens (tertiary/aromatic N) is 3. The fraction of sp³-hybridized carbons (Fsp3) is 0.600. The number of urea groups is 2. The van der Waals surface area contributed by atoms with E-state index in [-0.39, 0.29) is 0 Å². The third kappa shape index (κ3) is 2.21. The van der Waals surface area contributed by atoms with Crippen molar-refractivity contribution in [3.8, 4) is 0 Å². The molecule has 0 saturated carbocycles. The fourth-order valence-electron chi connectivity index (χ4n) is 0.724. The Morgan fingerprint density at radius 1 is 1.33 bits per heavy atom. The number of azo groups is 1. The van der Waals surface area contributed by atoms with Gasteiger partial charge in [-0.2, -0.15) is 0 Å². The molecular weight excluding hydrogens is 275 g/mol. The highest BCUT2D eigenvalue weighted by Crippen LogP contribution is 2.05. The summed E-state index contributed by atoms with van der Waals surface area (Å²) in [7, 11) is 0. The summed E-state index contributed by atoms with van der Waals surface area (Å²) in [5.74, 6) is 0. The van der Waals surface area contributed by atoms with Gasteiger partial charge in [0.2, 0.25) is 0 Å². The average molecular weight is 282 g/mol. The van der Waals surface area contributed by atoms with Gasteiger partial charge in [0.05, 0.1) is 0 Å². The molecule has 66 valence electrons. The summed E-state index contributed by atoms with van der Waals surface area (Å²) < 4.78 is 0.780. The third-order valence-corrected chi connectivity index (χ3v) is 1.83. The second-order valence-electron chi connectivity index (χ2n) is 2.05. The van der Waals surface area contributed by atoms with Crippen LogP contribution in [0.5, 0.6) is 0 Å². The average Bonchev–Trinajstić information content (AvgIpc) is 2.35. The van der Waals surface area contributed by atoms with E-state index in [4.69, 9.17) is 0 Å². The minimum Gasteiger partial charge on any atom is -0.306 e. The van der Waals surface area contributed by atoms with Crippen LogP contribution in [0.1, 0.15) is 0 Å². The molecule has 7 heteroatoms. The molecule has 4 amide bonds. The highest BCUT2D eigenvalue weighted by molar-refractivity contribution is 14.1. The molecule has 0 bridgehead atoms. The minimum absolute atomic E-state index is 0.327. The van der Waals surface area contributed by atoms with E-state index in [0.717, 1.165) is 9.45 Å². The van der Waals surface area contributed by atoms with Crippen molar-refractivity contribution in [2.24, 2.45) is 10.2 Å². The lowest BCUT2D eigenvalue weighted by Crippen LogP contribution is -2.34. The Bertz CT molecular complexity index is 211. The second-order valence-corrected chi connectivity index (χ2v) is 2.81. The van der Waals surface area contributed by atoms with Crippen LogP contribution in [0.2, 0.25) is 0 Å². The molecule has 0 saturated heterocycles. The van der Waals surface area contributed by atoms with Crippen LogP contribution < -0.4 is 5.32 Å². The van der Waals surface area contributed by atoms with Gasteiger partial charge < -0.3 is 5.32 Å². The molecule has 12 heavy (non-hydrogen) atoms. The molecule has 0 unspecified atom stereocenters. The third-order valence-electron chi connectivity index (χ3n) is 1.29. The minimum atomic E-state index is -0.574. The molecule has 1 aliphatic heterocycles. The SMILES string of the molecule is O=C1N=NC(=O)N1CCNCI. The smallest absolute Gasteiger partial charge is 0.306 e. The summed E-state index contributed by atoms with van der Waals surface area (Å²) in [6.45, 7) is 0.902. The number of imide groups is 1. The first kappa shape index (κ1) is 9.52. The second kappa shape index (κ2) is 4.45. The summed E-state index contributed by atoms with van der Waals surface area (Å²) in [6, 6.07) is -1.15. The molecule has 0 aromatic rings. The molecule has 1 heterocycles. The quantitative estimate of drug-likeness (QED) is 0.361. The zero-order chi connectivity index (χ0) is 8.97. The van der Waals surface area contributed by atoms with Gasteiger partial charge in [-0.1, -0.05) is 32.8 Å². The molecule has 1 rings (SSSR count). The van der Waals surface area contributed by atoms with Crippen LogP contribution in [0.3, 0.4) is 0 Å². The monoisotopic (exact) mass is 282 g/mol. The van der Waals surface area contributed by atoms with Gasteiger partial charge in [-0.05, 0) is 0 Å². The van der Waals surface area contributed by atoms with Crippen LogP contribution in [-0.2, 0) is 0 Å². The van der Waals surface area contributed by atoms with E-state index in [9.17, 15) is 9.59 Å². The number of carbonyl (C=O) groups is 2. The van der Waals surface area contributed by atoms with Crippen molar-refractivity contribution in [2.75, 3.05) is 17.6 Å². The van der Waals surface area contributed by atoms with Crippen LogP contribution in [-0.4, -0.2) is 34.6 Å². The van der Waals surface area contributed by atoms with E-state index in [0.29, 0.717) is 13.1 Å². The molecule has 0 fully saturated rings. The van der Waals surface area contributed by atoms with Gasteiger partial charge in [0.15, 0.2) is 0 Å². The lowest BCUT2D eigenvalue weighted by molar-refractivity contribution is 0.206. The number of halogens is 1. The summed E-state index contributed by atoms with van der Waals surface area (Å²) in [4.78, 5) is 22.6. The Kier molecular flexibility index (Phi) is 3.53. The van der Waals surface area contributed by atoms with E-state index < -0.39 is 12.1 Å². The summed E-state index contributed by atoms with van der Waals surface area (Å²) in [5.41, 5.74) is 0. The van der Waals surface area contributed by atoms with Gasteiger partial charge >= 0.3 is 12.1 Å². The van der Waals surface area contributed by atoms with Crippen molar-refractivity contribution >= 4 is 34.7 Å². The lowest BCUT2D eigenvalue weighted by Gasteiger charge is -2.09. The number of carbonyl (C=O) groups excluding carboxylic acids is 2. The summed E-state index contributed by atoms with van der Waals surface area (Å²) in [5, 5.41) is 9.19. The zero-order valence-electron chi connectivity index (χ0n) is 6.16. The predicted molar refractivity (Wildman–Crippen MR) is 49.2 cm³/mol. The van der Waals surface area contributed by atoms with Gasteiger partial charge in [0, 0.05) is 17.6 Å². The number of alkyl halides is 1. The Hall–Kier alpha value is -0.570. The Labute approximate surface area is 82.5 Å². The van der Waals surface area contributed by atoms with E-state index >= 15 is 0 Å². The maximum atomic E-state index is 10.8. The Morgan fingerprint density at radius 2 is 1.92 bits per heavy atom. The van der Waals surface area contributed by atoms with Crippen LogP contribution in [0.15, 0.2) is 10.2 Å². The Balaban J connectivity index is 2.33. The molecule has 0 spiro atoms. The number of hydrogen-bond donors (Lipinski definition) is 1. The van der Waals surface area contributed by atoms with Gasteiger partial charge in [-0.3, -0.25) is 0 Å². The maximum absolute atomic E-state index is 10.8. The summed E-state index contributed by atoms with van der Waals surface area (Å²) >= 11 is 2.14. The molecule has 0 aromatic carbocycles. The topological polar surface area (TPSA) is 74.1 Å². The number of rotatable bonds is 4. The first-order valence-corrected chi connectivity index (χ1v) is 4.82. The molecule has 0 aromatic heterocycles. The summed E-state index contributed by atoms with van der Waals surface area (Å²) in [6.07, 6.45) is 0. The van der Waals surface area contributed by atoms with Gasteiger partial charge in [-0.25, -0.2) is 14.5 Å². The lowest BCUT2D eigenvalue weighted by atomic mass is 10.5. The standard InChI is InChI=1S/C5H7IN4O2/c6-3-7-1-2-10-4(11)8-9-5(10)12/h7H,1-3H2. The van der Waals surface area contributed by atoms with Gasteiger partial charge in [0.1, 0.15) is 0 Å². The number of amides is 4. The van der Waals surface area contributed by atoms with Gasteiger partial charge in [0.25, 0.3) is 0 Å². The Morgan fingerprint density at radius 3 is 2.42 bits per heavy atom. The van der Waals surface area contributed by atoms with E-state index in [2.05, 4.69) is 38.1 Å². The van der Waals surface area contributed by atoms with Crippen LogP contribution in [0.25, 0.3) is 0 Å². The highest BCUT2D eigenvalue weighted by atomic mass is 127. The van der Waals surface area contributed by atoms with E-state index in [1.165, 1.54) is 0 Å². The molecule has 0 atom stereocenters. The number of nitrogens with one attached hydrogen (secondary N) is 1. The highest BCUT2D eigenvalue weighted by Gasteiger charge is 2.26. The van der Waals surface area contributed by atoms with E-state index in [1.54, 1.807) is 0 Å². The van der Waals surface area contributed by atoms with Crippen molar-refractivity contribution in [3.63, 3.8) is 0 Å². The zero-order valence-corrected chi connectivity index (χ0v) is 8.31. The largest absolute Gasteiger partial charge is 0.370 e. The van der Waals surface area contributed by atoms with Crippen molar-refractivity contribution < 1.29 is 9.59 Å². The first-order valence-electron chi connectivity index (χ1n) is 3.29. The molecule has 0 aliphatic carbocycles. The van der Waals surface area contributed by atoms with Crippen LogP contribution in [0.4, 0.5) is 9.59 Å². The van der Waals surface area contributed by atoms with Crippen molar-refractivity contribution in [1.29, 1.82) is 0 Å². The van der Waals surface area contributed by atoms with Crippen molar-refractivity contribution in [1.82, 2.24) is 10.2 Å². The molecule has 1 N–H and O–H groups in total. The van der Waals surface area contributed by atoms with Crippen molar-refractivity contribution in [2.45, 2.75) is 0 Å². The molecular formula is C5H7IN4O2. The maximum Gasteiger partial charge on any atom is 0.370 e. The van der Waals surface area contributed by atoms with Gasteiger partial charge in [-0.15, -0.1) is 0 Å². The van der Waals surface area contributed by atoms with Crippen LogP contribution in [0, 0.1) is 0 Å². The first-order chi connectivity index (χ1) is 5.75. The fourth-order valence-corrected chi connectivity index (χ4v) is 1.11. The van der Waals surface area contributed by atoms with Crippen molar-refractivity contribution in [3.05, 3.63) is 0 Å². The van der Waals surface area contributed by atoms with Crippen LogP contribution >= 0.6 is 22.6 Å². The number of hydrogen-bond acceptors (Lipinski definition) is 3.